The summed E-state index contributed by atoms with van der Waals surface area (Å²) in [6.07, 6.45) is 1.66. The van der Waals surface area contributed by atoms with Crippen LogP contribution in [0.25, 0.3) is 22.9 Å². The summed E-state index contributed by atoms with van der Waals surface area (Å²) in [5, 5.41) is 12.9. The van der Waals surface area contributed by atoms with Crippen molar-refractivity contribution in [1.82, 2.24) is 4.98 Å². The highest BCUT2D eigenvalue weighted by Gasteiger charge is 2.14. The molecule has 0 aliphatic rings. The third-order valence-corrected chi connectivity index (χ3v) is 5.45. The van der Waals surface area contributed by atoms with Crippen LogP contribution in [0.4, 0.5) is 0 Å². The normalized spacial score (nSPS) is 11.1. The molecule has 0 aliphatic carbocycles. The zero-order valence-electron chi connectivity index (χ0n) is 15.8. The number of nitrogens with zero attached hydrogens (tertiary/aromatic N) is 2. The van der Waals surface area contributed by atoms with Crippen LogP contribution in [-0.4, -0.2) is 26.3 Å². The highest BCUT2D eigenvalue weighted by Crippen LogP contribution is 2.36. The van der Waals surface area contributed by atoms with Crippen molar-refractivity contribution < 1.29 is 14.2 Å². The molecule has 0 amide bonds. The van der Waals surface area contributed by atoms with E-state index in [1.54, 1.807) is 32.4 Å². The van der Waals surface area contributed by atoms with Crippen molar-refractivity contribution in [3.8, 4) is 34.6 Å². The average molecular weight is 447 g/mol. The maximum absolute atomic E-state index is 9.68. The van der Waals surface area contributed by atoms with Crippen LogP contribution in [-0.2, 0) is 0 Å². The van der Waals surface area contributed by atoms with Crippen molar-refractivity contribution in [1.29, 1.82) is 5.26 Å². The zero-order valence-corrected chi connectivity index (χ0v) is 18.2. The number of thiazole rings is 1. The first-order valence-electron chi connectivity index (χ1n) is 8.33. The fourth-order valence-corrected chi connectivity index (χ4v) is 4.11. The maximum Gasteiger partial charge on any atom is 0.161 e. The number of nitriles is 1. The Morgan fingerprint density at radius 3 is 2.48 bits per heavy atom. The second-order valence-electron chi connectivity index (χ2n) is 5.79. The van der Waals surface area contributed by atoms with Gasteiger partial charge in [-0.05, 0) is 36.4 Å². The molecule has 0 N–H and O–H groups in total. The van der Waals surface area contributed by atoms with E-state index in [9.17, 15) is 5.26 Å². The summed E-state index contributed by atoms with van der Waals surface area (Å²) >= 11 is 13.7. The molecule has 0 spiro atoms. The van der Waals surface area contributed by atoms with Crippen LogP contribution in [0.15, 0.2) is 35.7 Å². The molecule has 2 aromatic carbocycles. The monoisotopic (exact) mass is 446 g/mol. The number of methoxy groups -OCH3 is 3. The molecular formula is C21H16Cl2N2O3S. The molecule has 3 rings (SSSR count). The topological polar surface area (TPSA) is 64.4 Å². The molecule has 148 valence electrons. The number of hydrogen-bond donors (Lipinski definition) is 0. The summed E-state index contributed by atoms with van der Waals surface area (Å²) < 4.78 is 16.0. The summed E-state index contributed by atoms with van der Waals surface area (Å²) in [6, 6.07) is 11.0. The van der Waals surface area contributed by atoms with Crippen LogP contribution < -0.4 is 14.2 Å². The molecule has 8 heteroatoms. The lowest BCUT2D eigenvalue weighted by Crippen LogP contribution is -1.91. The molecule has 0 fully saturated rings. The Balaban J connectivity index is 2.01. The summed E-state index contributed by atoms with van der Waals surface area (Å²) in [7, 11) is 4.67. The van der Waals surface area contributed by atoms with Gasteiger partial charge < -0.3 is 14.2 Å². The van der Waals surface area contributed by atoms with E-state index < -0.39 is 0 Å². The molecule has 1 heterocycles. The molecule has 0 aliphatic heterocycles. The molecule has 0 unspecified atom stereocenters. The Kier molecular flexibility index (Phi) is 6.65. The molecule has 1 aromatic heterocycles. The number of hydrogen-bond acceptors (Lipinski definition) is 6. The van der Waals surface area contributed by atoms with Gasteiger partial charge in [-0.25, -0.2) is 4.98 Å². The summed E-state index contributed by atoms with van der Waals surface area (Å²) in [5.74, 6) is 1.68. The Morgan fingerprint density at radius 1 is 1.07 bits per heavy atom. The van der Waals surface area contributed by atoms with Crippen LogP contribution in [0.5, 0.6) is 17.2 Å². The lowest BCUT2D eigenvalue weighted by molar-refractivity contribution is 0.355. The van der Waals surface area contributed by atoms with Gasteiger partial charge in [-0.2, -0.15) is 5.26 Å². The first kappa shape index (κ1) is 21.0. The second kappa shape index (κ2) is 9.19. The number of aromatic nitrogens is 1. The van der Waals surface area contributed by atoms with E-state index >= 15 is 0 Å². The Bertz CT molecular complexity index is 1120. The van der Waals surface area contributed by atoms with Gasteiger partial charge in [0.25, 0.3) is 0 Å². The molecule has 0 atom stereocenters. The number of benzene rings is 2. The van der Waals surface area contributed by atoms with E-state index in [0.29, 0.717) is 43.4 Å². The number of rotatable bonds is 6. The van der Waals surface area contributed by atoms with Crippen LogP contribution >= 0.6 is 34.5 Å². The van der Waals surface area contributed by atoms with Crippen molar-refractivity contribution in [3.63, 3.8) is 0 Å². The molecule has 0 saturated heterocycles. The number of halogens is 2. The zero-order chi connectivity index (χ0) is 21.0. The summed E-state index contributed by atoms with van der Waals surface area (Å²) in [5.41, 5.74) is 2.55. The molecular weight excluding hydrogens is 431 g/mol. The van der Waals surface area contributed by atoms with E-state index in [4.69, 9.17) is 37.4 Å². The van der Waals surface area contributed by atoms with Gasteiger partial charge in [0, 0.05) is 21.5 Å². The van der Waals surface area contributed by atoms with Gasteiger partial charge in [-0.3, -0.25) is 0 Å². The molecule has 0 saturated carbocycles. The maximum atomic E-state index is 9.68. The minimum absolute atomic E-state index is 0.369. The smallest absolute Gasteiger partial charge is 0.161 e. The van der Waals surface area contributed by atoms with Gasteiger partial charge in [0.1, 0.15) is 16.8 Å². The van der Waals surface area contributed by atoms with E-state index in [1.165, 1.54) is 18.4 Å². The van der Waals surface area contributed by atoms with Crippen LogP contribution in [0.2, 0.25) is 10.0 Å². The van der Waals surface area contributed by atoms with E-state index in [1.807, 2.05) is 23.6 Å². The predicted octanol–water partition coefficient (Wildman–Crippen LogP) is 6.21. The van der Waals surface area contributed by atoms with Gasteiger partial charge in [-0.1, -0.05) is 23.2 Å². The van der Waals surface area contributed by atoms with Crippen molar-refractivity contribution in [2.45, 2.75) is 0 Å². The lowest BCUT2D eigenvalue weighted by Gasteiger charge is -2.08. The first-order valence-corrected chi connectivity index (χ1v) is 9.97. The molecule has 5 nitrogen and oxygen atoms in total. The quantitative estimate of drug-likeness (QED) is 0.421. The number of ether oxygens (including phenoxy) is 3. The van der Waals surface area contributed by atoms with Crippen LogP contribution in [0, 0.1) is 11.3 Å². The largest absolute Gasteiger partial charge is 0.495 e. The third-order valence-electron chi connectivity index (χ3n) is 4.08. The Labute approximate surface area is 182 Å². The van der Waals surface area contributed by atoms with Crippen molar-refractivity contribution >= 4 is 46.2 Å². The highest BCUT2D eigenvalue weighted by atomic mass is 35.5. The van der Waals surface area contributed by atoms with E-state index in [0.717, 1.165) is 11.3 Å². The van der Waals surface area contributed by atoms with Gasteiger partial charge in [0.05, 0.1) is 37.6 Å². The SMILES string of the molecule is COc1ccc(-c2csc(/C(C#N)=C/c3cc(Cl)cc(Cl)c3OC)n2)cc1OC. The van der Waals surface area contributed by atoms with Crippen molar-refractivity contribution in [2.75, 3.05) is 21.3 Å². The third kappa shape index (κ3) is 4.48. The average Bonchev–Trinajstić information content (AvgIpc) is 3.21. The van der Waals surface area contributed by atoms with Crippen molar-refractivity contribution in [2.24, 2.45) is 0 Å². The van der Waals surface area contributed by atoms with Gasteiger partial charge in [0.15, 0.2) is 11.5 Å². The molecule has 0 radical (unpaired) electrons. The summed E-state index contributed by atoms with van der Waals surface area (Å²) in [6.45, 7) is 0. The molecule has 3 aromatic rings. The first-order chi connectivity index (χ1) is 14.0. The Morgan fingerprint density at radius 2 is 1.83 bits per heavy atom. The Hall–Kier alpha value is -2.72. The lowest BCUT2D eigenvalue weighted by atomic mass is 10.1. The van der Waals surface area contributed by atoms with Gasteiger partial charge >= 0.3 is 0 Å². The fourth-order valence-electron chi connectivity index (χ4n) is 2.73. The van der Waals surface area contributed by atoms with Crippen molar-refractivity contribution in [3.05, 3.63) is 56.3 Å². The summed E-state index contributed by atoms with van der Waals surface area (Å²) in [4.78, 5) is 4.60. The highest BCUT2D eigenvalue weighted by molar-refractivity contribution is 7.11. The fraction of sp³-hybridized carbons (Fsp3) is 0.143. The second-order valence-corrected chi connectivity index (χ2v) is 7.49. The van der Waals surface area contributed by atoms with Gasteiger partial charge in [0.2, 0.25) is 0 Å². The van der Waals surface area contributed by atoms with Crippen LogP contribution in [0.3, 0.4) is 0 Å². The van der Waals surface area contributed by atoms with E-state index in [2.05, 4.69) is 11.1 Å². The van der Waals surface area contributed by atoms with Gasteiger partial charge in [-0.15, -0.1) is 11.3 Å². The van der Waals surface area contributed by atoms with Crippen LogP contribution in [0.1, 0.15) is 10.6 Å². The predicted molar refractivity (Wildman–Crippen MR) is 117 cm³/mol. The molecule has 0 bridgehead atoms. The number of allylic oxidation sites excluding steroid dienone is 1. The van der Waals surface area contributed by atoms with E-state index in [-0.39, 0.29) is 0 Å². The minimum atomic E-state index is 0.369. The standard InChI is InChI=1S/C21H16Cl2N2O3S/c1-26-18-5-4-12(8-19(18)27-2)17-11-29-21(25-17)14(10-24)6-13-7-15(22)9-16(23)20(13)28-3/h4-9,11H,1-3H3/b14-6+. The minimum Gasteiger partial charge on any atom is -0.495 e. The molecule has 29 heavy (non-hydrogen) atoms.